The van der Waals surface area contributed by atoms with Crippen molar-refractivity contribution in [1.29, 1.82) is 0 Å². The number of amides is 1. The van der Waals surface area contributed by atoms with E-state index in [2.05, 4.69) is 5.32 Å². The van der Waals surface area contributed by atoms with Crippen LogP contribution in [0.1, 0.15) is 10.4 Å². The molecule has 0 heterocycles. The van der Waals surface area contributed by atoms with Gasteiger partial charge in [0.15, 0.2) is 0 Å². The maximum absolute atomic E-state index is 12.2. The van der Waals surface area contributed by atoms with Gasteiger partial charge >= 0.3 is 51.4 Å². The molecule has 8 heteroatoms. The average molecular weight is 391 g/mol. The van der Waals surface area contributed by atoms with Crippen LogP contribution in [0.3, 0.4) is 0 Å². The van der Waals surface area contributed by atoms with Gasteiger partial charge in [0.05, 0.1) is 15.1 Å². The number of phenolic OH excluding ortho intramolecular Hbond substituents is 1. The second kappa shape index (κ2) is 8.38. The van der Waals surface area contributed by atoms with Crippen molar-refractivity contribution in [3.05, 3.63) is 56.0 Å². The van der Waals surface area contributed by atoms with Crippen LogP contribution in [0.25, 0.3) is 0 Å². The number of aromatic hydroxyl groups is 1. The summed E-state index contributed by atoms with van der Waals surface area (Å²) in [7, 11) is 0. The topological polar surface area (TPSA) is 49.3 Å². The molecule has 0 radical (unpaired) electrons. The van der Waals surface area contributed by atoms with Gasteiger partial charge in [-0.3, -0.25) is 4.79 Å². The fourth-order valence-corrected chi connectivity index (χ4v) is 2.47. The fraction of sp³-hybridized carbons (Fsp3) is 0. The summed E-state index contributed by atoms with van der Waals surface area (Å²) in [4.78, 5) is 12.2. The molecule has 0 aliphatic carbocycles. The van der Waals surface area contributed by atoms with Crippen LogP contribution < -0.4 is 5.32 Å². The molecule has 0 spiro atoms. The molecule has 2 rings (SSSR count). The van der Waals surface area contributed by atoms with Gasteiger partial charge in [0.25, 0.3) is 5.91 Å². The molecule has 0 aliphatic heterocycles. The number of rotatable bonds is 2. The third-order valence-corrected chi connectivity index (χ3v) is 4.29. The Morgan fingerprint density at radius 2 is 1.43 bits per heavy atom. The van der Waals surface area contributed by atoms with E-state index in [0.29, 0.717) is 5.69 Å². The normalized spacial score (nSPS) is 9.90. The van der Waals surface area contributed by atoms with Crippen LogP contribution in [0.15, 0.2) is 30.3 Å². The monoisotopic (exact) mass is 389 g/mol. The van der Waals surface area contributed by atoms with Crippen molar-refractivity contribution >= 4 is 109 Å². The number of hydrogen-bond acceptors (Lipinski definition) is 2. The van der Waals surface area contributed by atoms with Gasteiger partial charge in [0, 0.05) is 5.69 Å². The van der Waals surface area contributed by atoms with Gasteiger partial charge in [0.2, 0.25) is 0 Å². The average Bonchev–Trinajstić information content (AvgIpc) is 2.44. The van der Waals surface area contributed by atoms with E-state index in [9.17, 15) is 9.90 Å². The molecule has 0 aliphatic rings. The zero-order valence-electron chi connectivity index (χ0n) is 9.75. The minimum atomic E-state index is -0.640. The predicted molar refractivity (Wildman–Crippen MR) is 89.7 cm³/mol. The van der Waals surface area contributed by atoms with Crippen LogP contribution in [0.4, 0.5) is 5.69 Å². The number of phenols is 1. The summed E-state index contributed by atoms with van der Waals surface area (Å²) in [6, 6.07) is 8.66. The Morgan fingerprint density at radius 1 is 0.905 bits per heavy atom. The van der Waals surface area contributed by atoms with Crippen LogP contribution >= 0.6 is 46.4 Å². The van der Waals surface area contributed by atoms with E-state index in [1.165, 1.54) is 0 Å². The second-order valence-corrected chi connectivity index (χ2v) is 5.31. The first-order valence-electron chi connectivity index (χ1n) is 5.34. The molecule has 0 fully saturated rings. The molecule has 0 unspecified atom stereocenters. The summed E-state index contributed by atoms with van der Waals surface area (Å²) >= 11 is 23.4. The number of anilines is 1. The van der Waals surface area contributed by atoms with Crippen molar-refractivity contribution < 1.29 is 9.90 Å². The van der Waals surface area contributed by atoms with Crippen LogP contribution in [0, 0.1) is 0 Å². The number of halogens is 4. The van der Waals surface area contributed by atoms with E-state index in [4.69, 9.17) is 46.4 Å². The SMILES string of the molecule is O=C(Nc1ccccc1)c1c(O)c(Cl)c(Cl)c(Cl)c1Cl.[KH]. The summed E-state index contributed by atoms with van der Waals surface area (Å²) in [5.74, 6) is -1.15. The van der Waals surface area contributed by atoms with Crippen molar-refractivity contribution in [2.45, 2.75) is 0 Å². The molecule has 0 saturated carbocycles. The van der Waals surface area contributed by atoms with Crippen LogP contribution in [0.5, 0.6) is 5.75 Å². The van der Waals surface area contributed by atoms with Crippen LogP contribution in [-0.2, 0) is 0 Å². The van der Waals surface area contributed by atoms with Crippen molar-refractivity contribution in [3.8, 4) is 5.75 Å². The Balaban J connectivity index is 0.00000220. The summed E-state index contributed by atoms with van der Waals surface area (Å²) in [5.41, 5.74) is 0.310. The molecule has 0 atom stereocenters. The molecule has 0 saturated heterocycles. The zero-order chi connectivity index (χ0) is 14.9. The standard InChI is InChI=1S/C13H7Cl4NO2.K.H/c14-8-7(12(19)11(17)10(16)9(8)15)13(20)18-6-4-2-1-3-5-6;;/h1-5,19H,(H,18,20);;. The van der Waals surface area contributed by atoms with Crippen molar-refractivity contribution in [3.63, 3.8) is 0 Å². The molecular formula is C13H8Cl4KNO2. The van der Waals surface area contributed by atoms with Crippen molar-refractivity contribution in [2.24, 2.45) is 0 Å². The molecular weight excluding hydrogens is 383 g/mol. The number of nitrogens with one attached hydrogen (secondary N) is 1. The van der Waals surface area contributed by atoms with Crippen LogP contribution in [-0.4, -0.2) is 62.4 Å². The predicted octanol–water partition coefficient (Wildman–Crippen LogP) is 4.61. The Hall–Kier alpha value is 0.506. The molecule has 3 nitrogen and oxygen atoms in total. The summed E-state index contributed by atoms with van der Waals surface area (Å²) in [5, 5.41) is 11.9. The Bertz CT molecular complexity index is 651. The summed E-state index contributed by atoms with van der Waals surface area (Å²) < 4.78 is 0. The van der Waals surface area contributed by atoms with Gasteiger partial charge in [-0.2, -0.15) is 0 Å². The first-order valence-corrected chi connectivity index (χ1v) is 6.86. The van der Waals surface area contributed by atoms with E-state index in [-0.39, 0.29) is 77.0 Å². The molecule has 21 heavy (non-hydrogen) atoms. The molecule has 0 aromatic heterocycles. The van der Waals surface area contributed by atoms with E-state index < -0.39 is 11.7 Å². The zero-order valence-corrected chi connectivity index (χ0v) is 12.8. The molecule has 2 aromatic carbocycles. The Labute approximate surface area is 183 Å². The van der Waals surface area contributed by atoms with E-state index >= 15 is 0 Å². The molecule has 2 N–H and O–H groups in total. The van der Waals surface area contributed by atoms with E-state index in [0.717, 1.165) is 0 Å². The number of carbonyl (C=O) groups excluding carboxylic acids is 1. The summed E-state index contributed by atoms with van der Waals surface area (Å²) in [6.45, 7) is 0. The first-order chi connectivity index (χ1) is 9.43. The third kappa shape index (κ3) is 4.28. The van der Waals surface area contributed by atoms with Gasteiger partial charge < -0.3 is 10.4 Å². The second-order valence-electron chi connectivity index (χ2n) is 3.80. The Kier molecular flexibility index (Phi) is 7.81. The summed E-state index contributed by atoms with van der Waals surface area (Å²) in [6.07, 6.45) is 0. The molecule has 0 bridgehead atoms. The van der Waals surface area contributed by atoms with Gasteiger partial charge in [-0.05, 0) is 12.1 Å². The third-order valence-electron chi connectivity index (χ3n) is 2.50. The van der Waals surface area contributed by atoms with Crippen LogP contribution in [0.2, 0.25) is 20.1 Å². The van der Waals surface area contributed by atoms with Gasteiger partial charge in [-0.1, -0.05) is 64.6 Å². The van der Waals surface area contributed by atoms with E-state index in [1.54, 1.807) is 30.3 Å². The van der Waals surface area contributed by atoms with Crippen molar-refractivity contribution in [2.75, 3.05) is 5.32 Å². The van der Waals surface area contributed by atoms with Crippen molar-refractivity contribution in [1.82, 2.24) is 0 Å². The molecule has 2 aromatic rings. The maximum atomic E-state index is 12.2. The fourth-order valence-electron chi connectivity index (χ4n) is 1.54. The van der Waals surface area contributed by atoms with Gasteiger partial charge in [-0.15, -0.1) is 0 Å². The van der Waals surface area contributed by atoms with E-state index in [1.807, 2.05) is 0 Å². The van der Waals surface area contributed by atoms with Gasteiger partial charge in [-0.25, -0.2) is 0 Å². The number of hydrogen-bond donors (Lipinski definition) is 2. The molecule has 106 valence electrons. The number of carbonyl (C=O) groups is 1. The Morgan fingerprint density at radius 3 is 2.00 bits per heavy atom. The number of para-hydroxylation sites is 1. The number of benzene rings is 2. The quantitative estimate of drug-likeness (QED) is 0.446. The van der Waals surface area contributed by atoms with Gasteiger partial charge in [0.1, 0.15) is 16.3 Å². The molecule has 1 amide bonds. The minimum absolute atomic E-state index is 0. The first kappa shape index (κ1) is 19.6.